The summed E-state index contributed by atoms with van der Waals surface area (Å²) in [5.74, 6) is 0.795. The van der Waals surface area contributed by atoms with Crippen molar-refractivity contribution >= 4 is 5.91 Å². The predicted octanol–water partition coefficient (Wildman–Crippen LogP) is 2.07. The highest BCUT2D eigenvalue weighted by Crippen LogP contribution is 2.20. The normalized spacial score (nSPS) is 10.3. The Morgan fingerprint density at radius 2 is 2.12 bits per heavy atom. The fourth-order valence-electron chi connectivity index (χ4n) is 1.59. The van der Waals surface area contributed by atoms with E-state index < -0.39 is 0 Å². The third-order valence-corrected chi connectivity index (χ3v) is 2.24. The maximum absolute atomic E-state index is 11.6. The van der Waals surface area contributed by atoms with Crippen molar-refractivity contribution in [2.75, 3.05) is 7.11 Å². The summed E-state index contributed by atoms with van der Waals surface area (Å²) in [6, 6.07) is 6.03. The number of ether oxygens (including phenoxy) is 1. The zero-order chi connectivity index (χ0) is 12.1. The minimum atomic E-state index is 0.0268. The topological polar surface area (TPSA) is 38.3 Å². The molecule has 88 valence electrons. The van der Waals surface area contributed by atoms with Gasteiger partial charge in [0.1, 0.15) is 5.75 Å². The Kier molecular flexibility index (Phi) is 4.35. The standard InChI is InChI=1S/C13H19NO2/c1-9(2)14-13(15)8-11-7-10(3)5-6-12(11)16-4/h5-7,9H,8H2,1-4H3,(H,14,15). The molecule has 0 atom stereocenters. The van der Waals surface area contributed by atoms with E-state index in [9.17, 15) is 4.79 Å². The van der Waals surface area contributed by atoms with Gasteiger partial charge >= 0.3 is 0 Å². The molecule has 0 aliphatic carbocycles. The van der Waals surface area contributed by atoms with Crippen molar-refractivity contribution in [3.8, 4) is 5.75 Å². The number of carbonyl (C=O) groups is 1. The lowest BCUT2D eigenvalue weighted by molar-refractivity contribution is -0.120. The molecule has 0 bridgehead atoms. The van der Waals surface area contributed by atoms with Crippen LogP contribution < -0.4 is 10.1 Å². The van der Waals surface area contributed by atoms with Crippen molar-refractivity contribution in [3.05, 3.63) is 29.3 Å². The number of benzene rings is 1. The Bertz CT molecular complexity index is 372. The minimum Gasteiger partial charge on any atom is -0.496 e. The second-order valence-corrected chi connectivity index (χ2v) is 4.21. The largest absolute Gasteiger partial charge is 0.496 e. The van der Waals surface area contributed by atoms with Gasteiger partial charge in [-0.05, 0) is 26.8 Å². The van der Waals surface area contributed by atoms with Gasteiger partial charge in [0.05, 0.1) is 13.5 Å². The lowest BCUT2D eigenvalue weighted by Crippen LogP contribution is -2.31. The Morgan fingerprint density at radius 3 is 2.69 bits per heavy atom. The number of rotatable bonds is 4. The minimum absolute atomic E-state index is 0.0268. The molecule has 0 saturated heterocycles. The summed E-state index contributed by atoms with van der Waals surface area (Å²) in [6.45, 7) is 5.90. The van der Waals surface area contributed by atoms with Crippen LogP contribution in [0.15, 0.2) is 18.2 Å². The highest BCUT2D eigenvalue weighted by molar-refractivity contribution is 5.79. The molecule has 0 aromatic heterocycles. The van der Waals surface area contributed by atoms with E-state index >= 15 is 0 Å². The summed E-state index contributed by atoms with van der Waals surface area (Å²) in [4.78, 5) is 11.6. The van der Waals surface area contributed by atoms with Crippen LogP contribution in [-0.2, 0) is 11.2 Å². The van der Waals surface area contributed by atoms with E-state index in [2.05, 4.69) is 5.32 Å². The fourth-order valence-corrected chi connectivity index (χ4v) is 1.59. The molecule has 0 aliphatic rings. The molecule has 1 N–H and O–H groups in total. The Hall–Kier alpha value is -1.51. The third kappa shape index (κ3) is 3.57. The van der Waals surface area contributed by atoms with Crippen LogP contribution in [-0.4, -0.2) is 19.1 Å². The van der Waals surface area contributed by atoms with Crippen molar-refractivity contribution in [1.82, 2.24) is 5.32 Å². The molecule has 1 rings (SSSR count). The highest BCUT2D eigenvalue weighted by atomic mass is 16.5. The third-order valence-electron chi connectivity index (χ3n) is 2.24. The summed E-state index contributed by atoms with van der Waals surface area (Å²) >= 11 is 0. The number of aryl methyl sites for hydroxylation is 1. The van der Waals surface area contributed by atoms with Gasteiger partial charge in [0.15, 0.2) is 0 Å². The molecule has 0 aliphatic heterocycles. The van der Waals surface area contributed by atoms with Crippen LogP contribution in [0, 0.1) is 6.92 Å². The molecule has 0 heterocycles. The zero-order valence-electron chi connectivity index (χ0n) is 10.3. The van der Waals surface area contributed by atoms with E-state index in [0.717, 1.165) is 16.9 Å². The van der Waals surface area contributed by atoms with Crippen molar-refractivity contribution < 1.29 is 9.53 Å². The Balaban J connectivity index is 2.79. The van der Waals surface area contributed by atoms with E-state index in [1.165, 1.54) is 0 Å². The van der Waals surface area contributed by atoms with Crippen LogP contribution in [0.25, 0.3) is 0 Å². The first kappa shape index (κ1) is 12.6. The number of hydrogen-bond donors (Lipinski definition) is 1. The van der Waals surface area contributed by atoms with E-state index in [1.54, 1.807) is 7.11 Å². The molecule has 0 spiro atoms. The summed E-state index contributed by atoms with van der Waals surface area (Å²) < 4.78 is 5.23. The molecule has 1 aromatic carbocycles. The number of hydrogen-bond acceptors (Lipinski definition) is 2. The predicted molar refractivity (Wildman–Crippen MR) is 64.7 cm³/mol. The van der Waals surface area contributed by atoms with Crippen LogP contribution in [0.3, 0.4) is 0 Å². The first-order valence-electron chi connectivity index (χ1n) is 5.46. The lowest BCUT2D eigenvalue weighted by atomic mass is 10.1. The molecule has 16 heavy (non-hydrogen) atoms. The second kappa shape index (κ2) is 5.54. The molecule has 0 saturated carbocycles. The zero-order valence-corrected chi connectivity index (χ0v) is 10.3. The van der Waals surface area contributed by atoms with Crippen LogP contribution in [0.2, 0.25) is 0 Å². The summed E-state index contributed by atoms with van der Waals surface area (Å²) in [5, 5.41) is 2.87. The first-order valence-corrected chi connectivity index (χ1v) is 5.46. The SMILES string of the molecule is COc1ccc(C)cc1CC(=O)NC(C)C. The Labute approximate surface area is 96.8 Å². The molecular formula is C13H19NO2. The van der Waals surface area contributed by atoms with Crippen LogP contribution >= 0.6 is 0 Å². The van der Waals surface area contributed by atoms with Crippen molar-refractivity contribution in [3.63, 3.8) is 0 Å². The summed E-state index contributed by atoms with van der Waals surface area (Å²) in [5.41, 5.74) is 2.06. The maximum atomic E-state index is 11.6. The number of amides is 1. The van der Waals surface area contributed by atoms with E-state index in [-0.39, 0.29) is 11.9 Å². The van der Waals surface area contributed by atoms with Gasteiger partial charge in [-0.3, -0.25) is 4.79 Å². The highest BCUT2D eigenvalue weighted by Gasteiger charge is 2.09. The average molecular weight is 221 g/mol. The number of methoxy groups -OCH3 is 1. The number of carbonyl (C=O) groups excluding carboxylic acids is 1. The quantitative estimate of drug-likeness (QED) is 0.845. The average Bonchev–Trinajstić information content (AvgIpc) is 2.16. The maximum Gasteiger partial charge on any atom is 0.224 e. The monoisotopic (exact) mass is 221 g/mol. The van der Waals surface area contributed by atoms with Crippen LogP contribution in [0.1, 0.15) is 25.0 Å². The van der Waals surface area contributed by atoms with Gasteiger partial charge in [-0.2, -0.15) is 0 Å². The molecular weight excluding hydrogens is 202 g/mol. The van der Waals surface area contributed by atoms with Gasteiger partial charge in [0, 0.05) is 11.6 Å². The summed E-state index contributed by atoms with van der Waals surface area (Å²) in [6.07, 6.45) is 0.364. The van der Waals surface area contributed by atoms with Gasteiger partial charge in [-0.15, -0.1) is 0 Å². The Morgan fingerprint density at radius 1 is 1.44 bits per heavy atom. The van der Waals surface area contributed by atoms with Gasteiger partial charge in [-0.25, -0.2) is 0 Å². The van der Waals surface area contributed by atoms with Crippen molar-refractivity contribution in [2.24, 2.45) is 0 Å². The molecule has 1 aromatic rings. The van der Waals surface area contributed by atoms with Gasteiger partial charge in [0.25, 0.3) is 0 Å². The molecule has 3 heteroatoms. The van der Waals surface area contributed by atoms with E-state index in [1.807, 2.05) is 39.0 Å². The van der Waals surface area contributed by atoms with Crippen molar-refractivity contribution in [2.45, 2.75) is 33.2 Å². The molecule has 1 amide bonds. The fraction of sp³-hybridized carbons (Fsp3) is 0.462. The van der Waals surface area contributed by atoms with Crippen LogP contribution in [0.5, 0.6) is 5.75 Å². The van der Waals surface area contributed by atoms with Crippen LogP contribution in [0.4, 0.5) is 0 Å². The van der Waals surface area contributed by atoms with Gasteiger partial charge in [0.2, 0.25) is 5.91 Å². The smallest absolute Gasteiger partial charge is 0.224 e. The lowest BCUT2D eigenvalue weighted by Gasteiger charge is -2.11. The first-order chi connectivity index (χ1) is 7.52. The second-order valence-electron chi connectivity index (χ2n) is 4.21. The van der Waals surface area contributed by atoms with E-state index in [0.29, 0.717) is 6.42 Å². The molecule has 0 fully saturated rings. The number of nitrogens with one attached hydrogen (secondary N) is 1. The molecule has 0 unspecified atom stereocenters. The molecule has 3 nitrogen and oxygen atoms in total. The van der Waals surface area contributed by atoms with Gasteiger partial charge < -0.3 is 10.1 Å². The van der Waals surface area contributed by atoms with Gasteiger partial charge in [-0.1, -0.05) is 17.7 Å². The van der Waals surface area contributed by atoms with E-state index in [4.69, 9.17) is 4.74 Å². The van der Waals surface area contributed by atoms with Crippen molar-refractivity contribution in [1.29, 1.82) is 0 Å². The summed E-state index contributed by atoms with van der Waals surface area (Å²) in [7, 11) is 1.62. The molecule has 0 radical (unpaired) electrons.